The first-order chi connectivity index (χ1) is 16.5. The number of anilines is 1. The molecule has 4 aromatic rings. The molecule has 0 unspecified atom stereocenters. The Hall–Kier alpha value is -4.14. The number of hydrogen-bond donors (Lipinski definition) is 1. The first-order valence-electron chi connectivity index (χ1n) is 11.1. The maximum Gasteiger partial charge on any atom is 0.300 e. The van der Waals surface area contributed by atoms with Crippen LogP contribution in [0.4, 0.5) is 5.69 Å². The molecule has 0 aliphatic carbocycles. The SMILES string of the molecule is CCOc1ccc(-n2ccn3c(C[C@@H](C)CC(=O)Nc4cccc(OC)c4)nnc3c2=O)cc1. The summed E-state index contributed by atoms with van der Waals surface area (Å²) in [5.41, 5.74) is 1.36. The topological polar surface area (TPSA) is 99.8 Å². The smallest absolute Gasteiger partial charge is 0.300 e. The molecule has 9 nitrogen and oxygen atoms in total. The second-order valence-electron chi connectivity index (χ2n) is 8.00. The van der Waals surface area contributed by atoms with Crippen molar-refractivity contribution in [2.45, 2.75) is 26.7 Å². The molecule has 1 N–H and O–H groups in total. The highest BCUT2D eigenvalue weighted by Crippen LogP contribution is 2.19. The van der Waals surface area contributed by atoms with Gasteiger partial charge in [-0.25, -0.2) is 0 Å². The Bertz CT molecular complexity index is 1340. The number of nitrogens with one attached hydrogen (secondary N) is 1. The van der Waals surface area contributed by atoms with Crippen LogP contribution in [0.2, 0.25) is 0 Å². The predicted octanol–water partition coefficient (Wildman–Crippen LogP) is 3.49. The van der Waals surface area contributed by atoms with E-state index in [0.717, 1.165) is 5.75 Å². The molecule has 34 heavy (non-hydrogen) atoms. The van der Waals surface area contributed by atoms with E-state index in [0.29, 0.717) is 42.4 Å². The van der Waals surface area contributed by atoms with Gasteiger partial charge in [0.1, 0.15) is 17.3 Å². The van der Waals surface area contributed by atoms with E-state index in [1.165, 1.54) is 4.57 Å². The minimum atomic E-state index is -0.270. The number of carbonyl (C=O) groups excluding carboxylic acids is 1. The summed E-state index contributed by atoms with van der Waals surface area (Å²) >= 11 is 0. The van der Waals surface area contributed by atoms with Gasteiger partial charge in [-0.2, -0.15) is 0 Å². The molecule has 176 valence electrons. The summed E-state index contributed by atoms with van der Waals surface area (Å²) in [7, 11) is 1.58. The van der Waals surface area contributed by atoms with Crippen LogP contribution in [0.1, 0.15) is 26.1 Å². The quantitative estimate of drug-likeness (QED) is 0.410. The highest BCUT2D eigenvalue weighted by atomic mass is 16.5. The molecule has 0 saturated heterocycles. The zero-order valence-electron chi connectivity index (χ0n) is 19.4. The monoisotopic (exact) mass is 461 g/mol. The lowest BCUT2D eigenvalue weighted by Crippen LogP contribution is -2.21. The average Bonchev–Trinajstić information content (AvgIpc) is 3.23. The van der Waals surface area contributed by atoms with E-state index >= 15 is 0 Å². The first-order valence-corrected chi connectivity index (χ1v) is 11.1. The Morgan fingerprint density at radius 3 is 2.62 bits per heavy atom. The lowest BCUT2D eigenvalue weighted by atomic mass is 10.0. The summed E-state index contributed by atoms with van der Waals surface area (Å²) in [5.74, 6) is 1.94. The molecule has 1 amide bonds. The van der Waals surface area contributed by atoms with Crippen molar-refractivity contribution in [1.29, 1.82) is 0 Å². The Kier molecular flexibility index (Phi) is 6.91. The van der Waals surface area contributed by atoms with Crippen LogP contribution in [0, 0.1) is 5.92 Å². The molecule has 2 heterocycles. The second kappa shape index (κ2) is 10.2. The second-order valence-corrected chi connectivity index (χ2v) is 8.00. The van der Waals surface area contributed by atoms with Crippen LogP contribution in [-0.2, 0) is 11.2 Å². The van der Waals surface area contributed by atoms with E-state index in [1.807, 2.05) is 56.3 Å². The van der Waals surface area contributed by atoms with Crippen LogP contribution >= 0.6 is 0 Å². The van der Waals surface area contributed by atoms with E-state index < -0.39 is 0 Å². The van der Waals surface area contributed by atoms with E-state index in [2.05, 4.69) is 15.5 Å². The first kappa shape index (κ1) is 23.0. The molecule has 0 aliphatic rings. The van der Waals surface area contributed by atoms with Gasteiger partial charge in [0.15, 0.2) is 0 Å². The number of rotatable bonds is 9. The van der Waals surface area contributed by atoms with Crippen molar-refractivity contribution in [3.8, 4) is 17.2 Å². The van der Waals surface area contributed by atoms with Gasteiger partial charge >= 0.3 is 5.56 Å². The molecule has 0 bridgehead atoms. The van der Waals surface area contributed by atoms with Crippen LogP contribution in [0.15, 0.2) is 65.7 Å². The largest absolute Gasteiger partial charge is 0.497 e. The third kappa shape index (κ3) is 5.09. The number of benzene rings is 2. The van der Waals surface area contributed by atoms with Crippen LogP contribution < -0.4 is 20.3 Å². The number of amides is 1. The van der Waals surface area contributed by atoms with Gasteiger partial charge < -0.3 is 14.8 Å². The van der Waals surface area contributed by atoms with Crippen molar-refractivity contribution < 1.29 is 14.3 Å². The molecule has 0 saturated carbocycles. The van der Waals surface area contributed by atoms with E-state index in [9.17, 15) is 9.59 Å². The van der Waals surface area contributed by atoms with Crippen molar-refractivity contribution in [2.24, 2.45) is 5.92 Å². The third-order valence-corrected chi connectivity index (χ3v) is 5.39. The van der Waals surface area contributed by atoms with Gasteiger partial charge in [0.2, 0.25) is 11.6 Å². The molecular weight excluding hydrogens is 434 g/mol. The fourth-order valence-electron chi connectivity index (χ4n) is 3.76. The number of hydrogen-bond acceptors (Lipinski definition) is 6. The maximum atomic E-state index is 13.0. The summed E-state index contributed by atoms with van der Waals surface area (Å²) in [6, 6.07) is 14.5. The molecule has 2 aromatic carbocycles. The number of carbonyl (C=O) groups is 1. The molecular formula is C25H27N5O4. The highest BCUT2D eigenvalue weighted by molar-refractivity contribution is 5.91. The van der Waals surface area contributed by atoms with Gasteiger partial charge in [-0.05, 0) is 49.2 Å². The normalized spacial score (nSPS) is 11.9. The number of fused-ring (bicyclic) bond motifs is 1. The number of nitrogens with zero attached hydrogens (tertiary/aromatic N) is 4. The van der Waals surface area contributed by atoms with Crippen molar-refractivity contribution in [3.63, 3.8) is 0 Å². The summed E-state index contributed by atoms with van der Waals surface area (Å²) in [4.78, 5) is 25.5. The maximum absolute atomic E-state index is 13.0. The zero-order valence-corrected chi connectivity index (χ0v) is 19.4. The summed E-state index contributed by atoms with van der Waals surface area (Å²) in [6.45, 7) is 4.46. The molecule has 0 aliphatic heterocycles. The third-order valence-electron chi connectivity index (χ3n) is 5.39. The van der Waals surface area contributed by atoms with Crippen molar-refractivity contribution in [2.75, 3.05) is 19.0 Å². The van der Waals surface area contributed by atoms with E-state index in [-0.39, 0.29) is 23.0 Å². The standard InChI is InChI=1S/C25H27N5O4/c1-4-34-20-10-8-19(9-11-20)29-12-13-30-22(27-28-24(30)25(29)32)14-17(2)15-23(31)26-18-6-5-7-21(16-18)33-3/h5-13,16-17H,4,14-15H2,1-3H3,(H,26,31)/t17-/m1/s1. The highest BCUT2D eigenvalue weighted by Gasteiger charge is 2.16. The van der Waals surface area contributed by atoms with Crippen molar-refractivity contribution in [1.82, 2.24) is 19.2 Å². The van der Waals surface area contributed by atoms with Gasteiger partial charge in [0.05, 0.1) is 13.7 Å². The molecule has 0 radical (unpaired) electrons. The van der Waals surface area contributed by atoms with E-state index in [4.69, 9.17) is 9.47 Å². The summed E-state index contributed by atoms with van der Waals surface area (Å²) in [5, 5.41) is 11.2. The summed E-state index contributed by atoms with van der Waals surface area (Å²) in [6.07, 6.45) is 4.26. The lowest BCUT2D eigenvalue weighted by Gasteiger charge is -2.12. The van der Waals surface area contributed by atoms with Crippen LogP contribution in [0.5, 0.6) is 11.5 Å². The molecule has 0 spiro atoms. The van der Waals surface area contributed by atoms with Crippen molar-refractivity contribution in [3.05, 3.63) is 77.1 Å². The Morgan fingerprint density at radius 2 is 1.88 bits per heavy atom. The van der Waals surface area contributed by atoms with Crippen molar-refractivity contribution >= 4 is 17.2 Å². The van der Waals surface area contributed by atoms with E-state index in [1.54, 1.807) is 30.0 Å². The van der Waals surface area contributed by atoms with Crippen LogP contribution in [0.3, 0.4) is 0 Å². The molecule has 4 rings (SSSR count). The minimum Gasteiger partial charge on any atom is -0.497 e. The van der Waals surface area contributed by atoms with Gasteiger partial charge in [-0.1, -0.05) is 13.0 Å². The van der Waals surface area contributed by atoms with Gasteiger partial charge in [-0.15, -0.1) is 10.2 Å². The average molecular weight is 462 g/mol. The zero-order chi connectivity index (χ0) is 24.1. The number of methoxy groups -OCH3 is 1. The Balaban J connectivity index is 1.45. The minimum absolute atomic E-state index is 0.00782. The molecule has 1 atom stereocenters. The fourth-order valence-corrected chi connectivity index (χ4v) is 3.76. The van der Waals surface area contributed by atoms with Gasteiger partial charge in [0, 0.05) is 42.7 Å². The fraction of sp³-hybridized carbons (Fsp3) is 0.280. The van der Waals surface area contributed by atoms with Gasteiger partial charge in [0.25, 0.3) is 0 Å². The van der Waals surface area contributed by atoms with Crippen LogP contribution in [0.25, 0.3) is 11.3 Å². The number of aromatic nitrogens is 4. The van der Waals surface area contributed by atoms with Gasteiger partial charge in [-0.3, -0.25) is 18.6 Å². The molecule has 2 aromatic heterocycles. The van der Waals surface area contributed by atoms with Crippen LogP contribution in [-0.4, -0.2) is 38.8 Å². The summed E-state index contributed by atoms with van der Waals surface area (Å²) < 4.78 is 13.9. The lowest BCUT2D eigenvalue weighted by molar-refractivity contribution is -0.116. The Labute approximate surface area is 197 Å². The molecule has 0 fully saturated rings. The number of ether oxygens (including phenoxy) is 2. The molecule has 9 heteroatoms. The predicted molar refractivity (Wildman–Crippen MR) is 129 cm³/mol. The Morgan fingerprint density at radius 1 is 1.09 bits per heavy atom.